The van der Waals surface area contributed by atoms with Gasteiger partial charge in [0.2, 0.25) is 0 Å². The zero-order valence-corrected chi connectivity index (χ0v) is 8.79. The van der Waals surface area contributed by atoms with Crippen LogP contribution >= 0.6 is 0 Å². The van der Waals surface area contributed by atoms with Crippen LogP contribution in [0.3, 0.4) is 0 Å². The van der Waals surface area contributed by atoms with E-state index in [4.69, 9.17) is 4.42 Å². The standard InChI is InChI=1S/C8H6F3NO3S/c1-3-4-2-7(8(9,10)11)6(15-4)5(3)12-16(7,13)14/h12H,2H2,1H3. The molecule has 4 nitrogen and oxygen atoms in total. The molecule has 3 heterocycles. The fourth-order valence-electron chi connectivity index (χ4n) is 2.26. The van der Waals surface area contributed by atoms with Gasteiger partial charge in [-0.1, -0.05) is 0 Å². The number of rotatable bonds is 0. The van der Waals surface area contributed by atoms with Gasteiger partial charge in [-0.05, 0) is 6.92 Å². The van der Waals surface area contributed by atoms with Crippen molar-refractivity contribution in [3.8, 4) is 0 Å². The van der Waals surface area contributed by atoms with Crippen LogP contribution < -0.4 is 4.72 Å². The minimum Gasteiger partial charge on any atom is -0.461 e. The molecule has 2 aliphatic rings. The highest BCUT2D eigenvalue weighted by Crippen LogP contribution is 2.61. The van der Waals surface area contributed by atoms with E-state index >= 15 is 0 Å². The van der Waals surface area contributed by atoms with E-state index in [9.17, 15) is 21.6 Å². The molecule has 0 aliphatic carbocycles. The SMILES string of the molecule is Cc1c2oc3c1NS(=O)(=O)C3(C(F)(F)F)C2. The van der Waals surface area contributed by atoms with Gasteiger partial charge in [-0.3, -0.25) is 4.72 Å². The van der Waals surface area contributed by atoms with Gasteiger partial charge in [-0.25, -0.2) is 8.42 Å². The van der Waals surface area contributed by atoms with Gasteiger partial charge >= 0.3 is 6.18 Å². The number of hydrogen-bond donors (Lipinski definition) is 1. The van der Waals surface area contributed by atoms with E-state index in [1.807, 2.05) is 4.72 Å². The minimum absolute atomic E-state index is 0.0430. The molecular weight excluding hydrogens is 247 g/mol. The lowest BCUT2D eigenvalue weighted by Gasteiger charge is -2.24. The van der Waals surface area contributed by atoms with E-state index in [2.05, 4.69) is 0 Å². The highest BCUT2D eigenvalue weighted by atomic mass is 32.2. The fraction of sp³-hybridized carbons (Fsp3) is 0.500. The summed E-state index contributed by atoms with van der Waals surface area (Å²) in [4.78, 5) is 0. The van der Waals surface area contributed by atoms with Gasteiger partial charge < -0.3 is 4.42 Å². The quantitative estimate of drug-likeness (QED) is 0.764. The number of sulfonamides is 1. The largest absolute Gasteiger partial charge is 0.461 e. The number of halogens is 3. The normalized spacial score (nSPS) is 29.5. The van der Waals surface area contributed by atoms with Gasteiger partial charge in [0, 0.05) is 12.0 Å². The summed E-state index contributed by atoms with van der Waals surface area (Å²) in [6.07, 6.45) is -5.53. The van der Waals surface area contributed by atoms with Crippen molar-refractivity contribution in [2.75, 3.05) is 4.72 Å². The van der Waals surface area contributed by atoms with Gasteiger partial charge in [0.1, 0.15) is 5.76 Å². The molecule has 2 aliphatic heterocycles. The predicted octanol–water partition coefficient (Wildman–Crippen LogP) is 1.66. The zero-order chi connectivity index (χ0) is 11.9. The predicted molar refractivity (Wildman–Crippen MR) is 47.4 cm³/mol. The molecule has 88 valence electrons. The number of anilines is 1. The molecule has 2 bridgehead atoms. The van der Waals surface area contributed by atoms with Crippen LogP contribution in [-0.2, 0) is 21.2 Å². The highest BCUT2D eigenvalue weighted by Gasteiger charge is 2.74. The van der Waals surface area contributed by atoms with Crippen LogP contribution in [0.2, 0.25) is 0 Å². The topological polar surface area (TPSA) is 59.3 Å². The summed E-state index contributed by atoms with van der Waals surface area (Å²) in [7, 11) is -4.50. The first-order valence-corrected chi connectivity index (χ1v) is 5.91. The summed E-state index contributed by atoms with van der Waals surface area (Å²) in [5.41, 5.74) is 0.398. The van der Waals surface area contributed by atoms with Gasteiger partial charge in [-0.2, -0.15) is 13.2 Å². The van der Waals surface area contributed by atoms with Crippen LogP contribution in [0, 0.1) is 6.92 Å². The molecule has 0 fully saturated rings. The Morgan fingerprint density at radius 3 is 2.56 bits per heavy atom. The Balaban J connectivity index is 2.39. The summed E-state index contributed by atoms with van der Waals surface area (Å²) in [6, 6.07) is 0. The second kappa shape index (κ2) is 2.24. The molecule has 8 heteroatoms. The molecule has 0 aromatic carbocycles. The molecule has 1 aromatic rings. The lowest BCUT2D eigenvalue weighted by Crippen LogP contribution is -2.47. The van der Waals surface area contributed by atoms with Crippen LogP contribution in [0.4, 0.5) is 18.9 Å². The number of hydrogen-bond acceptors (Lipinski definition) is 3. The molecule has 0 amide bonds. The molecule has 0 saturated carbocycles. The van der Waals surface area contributed by atoms with Gasteiger partial charge in [0.15, 0.2) is 5.76 Å². The Bertz CT molecular complexity index is 601. The van der Waals surface area contributed by atoms with Crippen LogP contribution in [-0.4, -0.2) is 14.6 Å². The number of nitrogens with one attached hydrogen (secondary N) is 1. The van der Waals surface area contributed by atoms with Crippen molar-refractivity contribution in [2.24, 2.45) is 0 Å². The lowest BCUT2D eigenvalue weighted by atomic mass is 9.93. The van der Waals surface area contributed by atoms with E-state index in [1.165, 1.54) is 6.92 Å². The molecule has 1 aromatic heterocycles. The number of fused-ring (bicyclic) bond motifs is 1. The Hall–Kier alpha value is -1.18. The Kier molecular flexibility index (Phi) is 1.40. The molecule has 3 rings (SSSR count). The van der Waals surface area contributed by atoms with E-state index in [-0.39, 0.29) is 11.4 Å². The molecule has 1 N–H and O–H groups in total. The fourth-order valence-corrected chi connectivity index (χ4v) is 3.97. The first-order chi connectivity index (χ1) is 7.21. The third-order valence-electron chi connectivity index (χ3n) is 3.17. The van der Waals surface area contributed by atoms with Crippen molar-refractivity contribution < 1.29 is 26.0 Å². The van der Waals surface area contributed by atoms with Crippen molar-refractivity contribution in [3.63, 3.8) is 0 Å². The maximum absolute atomic E-state index is 13.0. The molecule has 0 saturated heterocycles. The minimum atomic E-state index is -4.88. The average Bonchev–Trinajstić information content (AvgIpc) is 2.66. The summed E-state index contributed by atoms with van der Waals surface area (Å²) in [6.45, 7) is 1.53. The molecule has 0 spiro atoms. The second-order valence-corrected chi connectivity index (χ2v) is 5.87. The van der Waals surface area contributed by atoms with E-state index in [0.717, 1.165) is 0 Å². The van der Waals surface area contributed by atoms with Gasteiger partial charge in [0.05, 0.1) is 5.69 Å². The third-order valence-corrected chi connectivity index (χ3v) is 5.13. The second-order valence-electron chi connectivity index (χ2n) is 3.96. The van der Waals surface area contributed by atoms with Crippen LogP contribution in [0.25, 0.3) is 0 Å². The number of furan rings is 1. The summed E-state index contributed by atoms with van der Waals surface area (Å²) in [5, 5.41) is 0. The first kappa shape index (κ1) is 10.0. The smallest absolute Gasteiger partial charge is 0.417 e. The maximum Gasteiger partial charge on any atom is 0.417 e. The van der Waals surface area contributed by atoms with Crippen molar-refractivity contribution >= 4 is 15.7 Å². The Labute approximate surface area is 88.5 Å². The summed E-state index contributed by atoms with van der Waals surface area (Å²) >= 11 is 0. The van der Waals surface area contributed by atoms with E-state index in [1.54, 1.807) is 0 Å². The molecular formula is C8H6F3NO3S. The summed E-state index contributed by atoms with van der Waals surface area (Å²) in [5.74, 6) is -0.414. The van der Waals surface area contributed by atoms with Crippen molar-refractivity contribution in [2.45, 2.75) is 24.3 Å². The molecule has 1 atom stereocenters. The van der Waals surface area contributed by atoms with Crippen molar-refractivity contribution in [3.05, 3.63) is 17.1 Å². The Morgan fingerprint density at radius 2 is 2.06 bits per heavy atom. The monoisotopic (exact) mass is 253 g/mol. The van der Waals surface area contributed by atoms with E-state index in [0.29, 0.717) is 5.56 Å². The molecule has 16 heavy (non-hydrogen) atoms. The number of alkyl halides is 3. The molecule has 1 unspecified atom stereocenters. The van der Waals surface area contributed by atoms with Crippen LogP contribution in [0.15, 0.2) is 4.42 Å². The third kappa shape index (κ3) is 0.751. The zero-order valence-electron chi connectivity index (χ0n) is 7.97. The van der Waals surface area contributed by atoms with E-state index < -0.39 is 33.1 Å². The van der Waals surface area contributed by atoms with Gasteiger partial charge in [0.25, 0.3) is 14.8 Å². The van der Waals surface area contributed by atoms with Crippen LogP contribution in [0.1, 0.15) is 17.1 Å². The Morgan fingerprint density at radius 1 is 1.44 bits per heavy atom. The van der Waals surface area contributed by atoms with Gasteiger partial charge in [-0.15, -0.1) is 0 Å². The van der Waals surface area contributed by atoms with Crippen LogP contribution in [0.5, 0.6) is 0 Å². The first-order valence-electron chi connectivity index (χ1n) is 4.42. The van der Waals surface area contributed by atoms with Crippen molar-refractivity contribution in [1.29, 1.82) is 0 Å². The highest BCUT2D eigenvalue weighted by molar-refractivity contribution is 7.94. The maximum atomic E-state index is 13.0. The lowest BCUT2D eigenvalue weighted by molar-refractivity contribution is -0.163. The molecule has 0 radical (unpaired) electrons. The summed E-state index contributed by atoms with van der Waals surface area (Å²) < 4.78 is 66.1. The average molecular weight is 253 g/mol. The van der Waals surface area contributed by atoms with Crippen molar-refractivity contribution in [1.82, 2.24) is 0 Å².